The number of likely N-dealkylation sites (tertiary alicyclic amines) is 2. The Morgan fingerprint density at radius 3 is 2.95 bits per heavy atom. The smallest absolute Gasteiger partial charge is 0.222 e. The van der Waals surface area contributed by atoms with Crippen molar-refractivity contribution in [3.8, 4) is 0 Å². The monoisotopic (exact) mass is 276 g/mol. The topological polar surface area (TPSA) is 41.4 Å². The van der Waals surface area contributed by atoms with Gasteiger partial charge in [0, 0.05) is 58.0 Å². The molecule has 0 aromatic carbocycles. The van der Waals surface area contributed by atoms with E-state index in [1.165, 1.54) is 12.0 Å². The summed E-state index contributed by atoms with van der Waals surface area (Å²) in [6.45, 7) is 3.17. The minimum atomic E-state index is 0.332. The number of hydrogen-bond donors (Lipinski definition) is 0. The summed E-state index contributed by atoms with van der Waals surface area (Å²) in [4.78, 5) is 16.5. The Morgan fingerprint density at radius 2 is 2.20 bits per heavy atom. The van der Waals surface area contributed by atoms with Crippen molar-refractivity contribution in [3.05, 3.63) is 18.0 Å². The first-order valence-corrected chi connectivity index (χ1v) is 7.59. The van der Waals surface area contributed by atoms with Crippen LogP contribution in [0.2, 0.25) is 0 Å². The molecule has 1 aromatic heterocycles. The van der Waals surface area contributed by atoms with Gasteiger partial charge in [-0.05, 0) is 25.2 Å². The summed E-state index contributed by atoms with van der Waals surface area (Å²) in [5, 5.41) is 4.24. The van der Waals surface area contributed by atoms with E-state index in [1.54, 1.807) is 0 Å². The molecule has 2 fully saturated rings. The molecule has 2 aliphatic rings. The van der Waals surface area contributed by atoms with Crippen LogP contribution in [-0.4, -0.2) is 51.7 Å². The number of aromatic nitrogens is 2. The van der Waals surface area contributed by atoms with E-state index in [-0.39, 0.29) is 0 Å². The molecule has 0 spiro atoms. The third-order valence-corrected chi connectivity index (χ3v) is 4.80. The molecular weight excluding hydrogens is 252 g/mol. The molecule has 0 N–H and O–H groups in total. The molecule has 3 heterocycles. The molecule has 0 saturated carbocycles. The highest BCUT2D eigenvalue weighted by atomic mass is 16.2. The number of aryl methyl sites for hydroxylation is 1. The number of carbonyl (C=O) groups excluding carboxylic acids is 1. The largest absolute Gasteiger partial charge is 0.342 e. The van der Waals surface area contributed by atoms with Crippen LogP contribution in [0.5, 0.6) is 0 Å². The first kappa shape index (κ1) is 13.6. The molecule has 1 aromatic rings. The van der Waals surface area contributed by atoms with Crippen molar-refractivity contribution in [1.29, 1.82) is 0 Å². The van der Waals surface area contributed by atoms with Crippen LogP contribution in [0.15, 0.2) is 12.4 Å². The van der Waals surface area contributed by atoms with Crippen molar-refractivity contribution in [1.82, 2.24) is 19.6 Å². The number of nitrogens with zero attached hydrogens (tertiary/aromatic N) is 4. The summed E-state index contributed by atoms with van der Waals surface area (Å²) in [7, 11) is 3.95. The van der Waals surface area contributed by atoms with E-state index in [4.69, 9.17) is 0 Å². The standard InChI is InChI=1S/C15H24N4O/c1-17-9-12(8-16-17)10-19-7-6-14-13(11-19)4-3-5-15(20)18(14)2/h8-9,13-14H,3-7,10-11H2,1-2H3/t13-,14+/m0/s1. The maximum atomic E-state index is 11.9. The molecule has 2 saturated heterocycles. The maximum Gasteiger partial charge on any atom is 0.222 e. The van der Waals surface area contributed by atoms with Crippen LogP contribution < -0.4 is 0 Å². The molecule has 0 unspecified atom stereocenters. The van der Waals surface area contributed by atoms with Crippen molar-refractivity contribution in [2.75, 3.05) is 20.1 Å². The van der Waals surface area contributed by atoms with E-state index in [9.17, 15) is 4.79 Å². The number of carbonyl (C=O) groups is 1. The minimum absolute atomic E-state index is 0.332. The fourth-order valence-electron chi connectivity index (χ4n) is 3.72. The van der Waals surface area contributed by atoms with Crippen LogP contribution >= 0.6 is 0 Å². The summed E-state index contributed by atoms with van der Waals surface area (Å²) in [6, 6.07) is 0.454. The van der Waals surface area contributed by atoms with Crippen molar-refractivity contribution in [2.45, 2.75) is 38.3 Å². The van der Waals surface area contributed by atoms with Crippen LogP contribution in [-0.2, 0) is 18.4 Å². The molecule has 2 atom stereocenters. The van der Waals surface area contributed by atoms with Crippen LogP contribution in [0.1, 0.15) is 31.2 Å². The van der Waals surface area contributed by atoms with Gasteiger partial charge < -0.3 is 4.90 Å². The van der Waals surface area contributed by atoms with E-state index in [0.717, 1.165) is 38.9 Å². The number of piperidine rings is 1. The van der Waals surface area contributed by atoms with Crippen LogP contribution in [0.25, 0.3) is 0 Å². The van der Waals surface area contributed by atoms with Crippen molar-refractivity contribution in [2.24, 2.45) is 13.0 Å². The third kappa shape index (κ3) is 2.73. The van der Waals surface area contributed by atoms with Crippen LogP contribution in [0.4, 0.5) is 0 Å². The lowest BCUT2D eigenvalue weighted by molar-refractivity contribution is -0.132. The maximum absolute atomic E-state index is 11.9. The number of amides is 1. The SMILES string of the molecule is CN1C(=O)CCC[C@H]2CN(Cc3cnn(C)c3)CC[C@H]21. The summed E-state index contributed by atoms with van der Waals surface area (Å²) in [5.41, 5.74) is 1.28. The Morgan fingerprint density at radius 1 is 1.35 bits per heavy atom. The Labute approximate surface area is 120 Å². The Hall–Kier alpha value is -1.36. The highest BCUT2D eigenvalue weighted by Gasteiger charge is 2.35. The zero-order chi connectivity index (χ0) is 14.1. The molecule has 1 amide bonds. The van der Waals surface area contributed by atoms with Crippen LogP contribution in [0.3, 0.4) is 0 Å². The van der Waals surface area contributed by atoms with Gasteiger partial charge >= 0.3 is 0 Å². The average Bonchev–Trinajstić information content (AvgIpc) is 2.77. The van der Waals surface area contributed by atoms with E-state index >= 15 is 0 Å². The highest BCUT2D eigenvalue weighted by molar-refractivity contribution is 5.76. The Kier molecular flexibility index (Phi) is 3.78. The second-order valence-corrected chi connectivity index (χ2v) is 6.27. The summed E-state index contributed by atoms with van der Waals surface area (Å²) < 4.78 is 1.86. The van der Waals surface area contributed by atoms with Gasteiger partial charge in [-0.3, -0.25) is 14.4 Å². The van der Waals surface area contributed by atoms with E-state index in [1.807, 2.05) is 29.9 Å². The average molecular weight is 276 g/mol. The van der Waals surface area contributed by atoms with Gasteiger partial charge in [0.05, 0.1) is 6.20 Å². The summed E-state index contributed by atoms with van der Waals surface area (Å²) >= 11 is 0. The van der Waals surface area contributed by atoms with E-state index < -0.39 is 0 Å². The molecular formula is C15H24N4O. The number of fused-ring (bicyclic) bond motifs is 1. The normalized spacial score (nSPS) is 28.3. The lowest BCUT2D eigenvalue weighted by Gasteiger charge is -2.41. The van der Waals surface area contributed by atoms with Gasteiger partial charge in [-0.25, -0.2) is 0 Å². The molecule has 0 radical (unpaired) electrons. The Balaban J connectivity index is 1.64. The lowest BCUT2D eigenvalue weighted by atomic mass is 9.88. The van der Waals surface area contributed by atoms with Gasteiger partial charge in [0.1, 0.15) is 0 Å². The quantitative estimate of drug-likeness (QED) is 0.816. The number of rotatable bonds is 2. The van der Waals surface area contributed by atoms with Gasteiger partial charge in [0.25, 0.3) is 0 Å². The minimum Gasteiger partial charge on any atom is -0.342 e. The Bertz CT molecular complexity index is 484. The van der Waals surface area contributed by atoms with Crippen molar-refractivity contribution < 1.29 is 4.79 Å². The highest BCUT2D eigenvalue weighted by Crippen LogP contribution is 2.30. The molecule has 5 nitrogen and oxygen atoms in total. The summed E-state index contributed by atoms with van der Waals surface area (Å²) in [6.07, 6.45) is 8.11. The van der Waals surface area contributed by atoms with Gasteiger partial charge in [0.2, 0.25) is 5.91 Å². The van der Waals surface area contributed by atoms with Crippen molar-refractivity contribution >= 4 is 5.91 Å². The zero-order valence-electron chi connectivity index (χ0n) is 12.5. The molecule has 0 bridgehead atoms. The van der Waals surface area contributed by atoms with Gasteiger partial charge in [-0.15, -0.1) is 0 Å². The fraction of sp³-hybridized carbons (Fsp3) is 0.733. The van der Waals surface area contributed by atoms with E-state index in [0.29, 0.717) is 17.9 Å². The molecule has 2 aliphatic heterocycles. The van der Waals surface area contributed by atoms with Crippen molar-refractivity contribution in [3.63, 3.8) is 0 Å². The second kappa shape index (κ2) is 5.56. The number of hydrogen-bond acceptors (Lipinski definition) is 3. The lowest BCUT2D eigenvalue weighted by Crippen LogP contribution is -2.50. The molecule has 110 valence electrons. The molecule has 3 rings (SSSR count). The predicted octanol–water partition coefficient (Wildman–Crippen LogP) is 1.25. The second-order valence-electron chi connectivity index (χ2n) is 6.27. The summed E-state index contributed by atoms with van der Waals surface area (Å²) in [5.74, 6) is 0.968. The van der Waals surface area contributed by atoms with E-state index in [2.05, 4.69) is 16.2 Å². The zero-order valence-corrected chi connectivity index (χ0v) is 12.5. The molecule has 20 heavy (non-hydrogen) atoms. The van der Waals surface area contributed by atoms with Gasteiger partial charge in [-0.2, -0.15) is 5.10 Å². The first-order chi connectivity index (χ1) is 9.63. The van der Waals surface area contributed by atoms with Crippen LogP contribution in [0, 0.1) is 5.92 Å². The molecule has 5 heteroatoms. The predicted molar refractivity (Wildman–Crippen MR) is 77.0 cm³/mol. The van der Waals surface area contributed by atoms with Gasteiger partial charge in [-0.1, -0.05) is 0 Å². The molecule has 0 aliphatic carbocycles. The fourth-order valence-corrected chi connectivity index (χ4v) is 3.72. The third-order valence-electron chi connectivity index (χ3n) is 4.80. The van der Waals surface area contributed by atoms with Gasteiger partial charge in [0.15, 0.2) is 0 Å². The first-order valence-electron chi connectivity index (χ1n) is 7.59.